The lowest BCUT2D eigenvalue weighted by atomic mass is 9.90. The molecule has 1 aliphatic carbocycles. The highest BCUT2D eigenvalue weighted by atomic mass is 16.5. The van der Waals surface area contributed by atoms with Gasteiger partial charge in [0.1, 0.15) is 5.75 Å². The zero-order valence-electron chi connectivity index (χ0n) is 21.4. The van der Waals surface area contributed by atoms with E-state index in [4.69, 9.17) is 27.7 Å². The van der Waals surface area contributed by atoms with Gasteiger partial charge in [-0.2, -0.15) is 0 Å². The van der Waals surface area contributed by atoms with Gasteiger partial charge in [0, 0.05) is 12.1 Å². The molecule has 1 aliphatic rings. The van der Waals surface area contributed by atoms with Crippen LogP contribution < -0.4 is 38.3 Å². The molecule has 7 heteroatoms. The molecule has 7 nitrogen and oxygen atoms in total. The van der Waals surface area contributed by atoms with Crippen LogP contribution in [-0.4, -0.2) is 58.0 Å². The van der Waals surface area contributed by atoms with Gasteiger partial charge in [-0.05, 0) is 120 Å². The second-order valence-corrected chi connectivity index (χ2v) is 10.1. The largest absolute Gasteiger partial charge is 0.493 e. The molecule has 0 amide bonds. The zero-order valence-corrected chi connectivity index (χ0v) is 21.4. The Kier molecular flexibility index (Phi) is 15.4. The number of benzene rings is 1. The standard InChI is InChI=1S/C27H52N6O/c28-10-4-12-32-14-8-25(30)17-23-16-24(18-26(31)9-15-33-13-5-11-29)20-27(19-23)34-21-22-6-2-1-3-7-22/h16,19-20,22,25-26,32-33H,1-15,17-18,21,28-31H2. The quantitative estimate of drug-likeness (QED) is 0.168. The first-order valence-corrected chi connectivity index (χ1v) is 13.7. The number of hydrogen-bond acceptors (Lipinski definition) is 7. The van der Waals surface area contributed by atoms with Gasteiger partial charge < -0.3 is 38.3 Å². The van der Waals surface area contributed by atoms with Crippen LogP contribution >= 0.6 is 0 Å². The highest BCUT2D eigenvalue weighted by Crippen LogP contribution is 2.26. The van der Waals surface area contributed by atoms with Crippen LogP contribution in [0.4, 0.5) is 0 Å². The predicted molar refractivity (Wildman–Crippen MR) is 144 cm³/mol. The van der Waals surface area contributed by atoms with Crippen molar-refractivity contribution >= 4 is 0 Å². The van der Waals surface area contributed by atoms with Crippen LogP contribution in [0.2, 0.25) is 0 Å². The van der Waals surface area contributed by atoms with Gasteiger partial charge in [0.15, 0.2) is 0 Å². The summed E-state index contributed by atoms with van der Waals surface area (Å²) in [6.45, 7) is 6.02. The summed E-state index contributed by atoms with van der Waals surface area (Å²) in [5.41, 5.74) is 26.6. The maximum atomic E-state index is 6.47. The maximum absolute atomic E-state index is 6.47. The van der Waals surface area contributed by atoms with Crippen molar-refractivity contribution in [3.05, 3.63) is 29.3 Å². The summed E-state index contributed by atoms with van der Waals surface area (Å²) < 4.78 is 6.31. The molecule has 2 unspecified atom stereocenters. The molecule has 2 atom stereocenters. The molecule has 34 heavy (non-hydrogen) atoms. The van der Waals surface area contributed by atoms with Crippen LogP contribution in [0.25, 0.3) is 0 Å². The third-order valence-corrected chi connectivity index (χ3v) is 6.73. The lowest BCUT2D eigenvalue weighted by molar-refractivity contribution is 0.208. The van der Waals surface area contributed by atoms with Crippen molar-refractivity contribution in [3.63, 3.8) is 0 Å². The lowest BCUT2D eigenvalue weighted by Crippen LogP contribution is -2.30. The minimum atomic E-state index is 0.118. The third kappa shape index (κ3) is 13.0. The van der Waals surface area contributed by atoms with E-state index in [9.17, 15) is 0 Å². The topological polar surface area (TPSA) is 137 Å². The molecule has 1 aromatic carbocycles. The molecule has 0 saturated heterocycles. The Bertz CT molecular complexity index is 597. The molecule has 2 rings (SSSR count). The Morgan fingerprint density at radius 2 is 1.29 bits per heavy atom. The fourth-order valence-corrected chi connectivity index (χ4v) is 4.70. The summed E-state index contributed by atoms with van der Waals surface area (Å²) in [5.74, 6) is 1.66. The van der Waals surface area contributed by atoms with Crippen molar-refractivity contribution in [1.29, 1.82) is 0 Å². The summed E-state index contributed by atoms with van der Waals surface area (Å²) in [4.78, 5) is 0. The van der Waals surface area contributed by atoms with Crippen molar-refractivity contribution in [2.75, 3.05) is 45.9 Å². The Morgan fingerprint density at radius 1 is 0.765 bits per heavy atom. The number of hydrogen-bond donors (Lipinski definition) is 6. The highest BCUT2D eigenvalue weighted by Gasteiger charge is 2.15. The molecule has 0 spiro atoms. The first-order valence-electron chi connectivity index (χ1n) is 13.7. The van der Waals surface area contributed by atoms with E-state index in [-0.39, 0.29) is 12.1 Å². The van der Waals surface area contributed by atoms with Gasteiger partial charge in [0.25, 0.3) is 0 Å². The summed E-state index contributed by atoms with van der Waals surface area (Å²) >= 11 is 0. The molecule has 0 aromatic heterocycles. The first kappa shape index (κ1) is 29.0. The number of ether oxygens (including phenoxy) is 1. The Morgan fingerprint density at radius 3 is 1.79 bits per heavy atom. The van der Waals surface area contributed by atoms with Gasteiger partial charge in [-0.15, -0.1) is 0 Å². The second-order valence-electron chi connectivity index (χ2n) is 10.1. The maximum Gasteiger partial charge on any atom is 0.119 e. The summed E-state index contributed by atoms with van der Waals surface area (Å²) in [6, 6.07) is 6.89. The summed E-state index contributed by atoms with van der Waals surface area (Å²) in [5, 5.41) is 6.85. The number of rotatable bonds is 19. The minimum Gasteiger partial charge on any atom is -0.493 e. The fourth-order valence-electron chi connectivity index (χ4n) is 4.70. The molecular weight excluding hydrogens is 424 g/mol. The zero-order chi connectivity index (χ0) is 24.4. The van der Waals surface area contributed by atoms with E-state index in [0.717, 1.165) is 90.1 Å². The Hall–Kier alpha value is -1.22. The van der Waals surface area contributed by atoms with E-state index < -0.39 is 0 Å². The SMILES string of the molecule is NCCCNCCC(N)Cc1cc(CC(N)CCNCCCN)cc(OCC2CCCCC2)c1. The minimum absolute atomic E-state index is 0.118. The molecule has 1 fully saturated rings. The first-order chi connectivity index (χ1) is 16.6. The predicted octanol–water partition coefficient (Wildman–Crippen LogP) is 2.04. The molecule has 0 heterocycles. The number of nitrogens with two attached hydrogens (primary N) is 4. The molecule has 1 aromatic rings. The van der Waals surface area contributed by atoms with Gasteiger partial charge in [-0.25, -0.2) is 0 Å². The second kappa shape index (κ2) is 18.1. The van der Waals surface area contributed by atoms with Crippen molar-refractivity contribution < 1.29 is 4.74 Å². The van der Waals surface area contributed by atoms with E-state index in [1.54, 1.807) is 0 Å². The summed E-state index contributed by atoms with van der Waals surface area (Å²) in [7, 11) is 0. The highest BCUT2D eigenvalue weighted by molar-refractivity contribution is 5.35. The molecule has 0 radical (unpaired) electrons. The smallest absolute Gasteiger partial charge is 0.119 e. The van der Waals surface area contributed by atoms with E-state index >= 15 is 0 Å². The molecule has 0 aliphatic heterocycles. The van der Waals surface area contributed by atoms with Crippen LogP contribution in [0.5, 0.6) is 5.75 Å². The normalized spacial score (nSPS) is 16.5. The van der Waals surface area contributed by atoms with Gasteiger partial charge in [0.05, 0.1) is 6.61 Å². The van der Waals surface area contributed by atoms with Gasteiger partial charge >= 0.3 is 0 Å². The summed E-state index contributed by atoms with van der Waals surface area (Å²) in [6.07, 6.45) is 12.2. The Balaban J connectivity index is 1.92. The van der Waals surface area contributed by atoms with Crippen molar-refractivity contribution in [2.45, 2.75) is 82.7 Å². The lowest BCUT2D eigenvalue weighted by Gasteiger charge is -2.22. The van der Waals surface area contributed by atoms with Gasteiger partial charge in [-0.3, -0.25) is 0 Å². The van der Waals surface area contributed by atoms with Crippen LogP contribution in [0.1, 0.15) is 68.9 Å². The average Bonchev–Trinajstić information content (AvgIpc) is 2.83. The van der Waals surface area contributed by atoms with Crippen molar-refractivity contribution in [1.82, 2.24) is 10.6 Å². The molecule has 0 bridgehead atoms. The van der Waals surface area contributed by atoms with E-state index in [0.29, 0.717) is 5.92 Å². The van der Waals surface area contributed by atoms with Crippen LogP contribution in [0.3, 0.4) is 0 Å². The van der Waals surface area contributed by atoms with Crippen LogP contribution in [0, 0.1) is 5.92 Å². The van der Waals surface area contributed by atoms with Gasteiger partial charge in [0.2, 0.25) is 0 Å². The molecule has 1 saturated carbocycles. The van der Waals surface area contributed by atoms with Crippen LogP contribution in [0.15, 0.2) is 18.2 Å². The van der Waals surface area contributed by atoms with Gasteiger partial charge in [-0.1, -0.05) is 25.3 Å². The van der Waals surface area contributed by atoms with E-state index in [1.807, 2.05) is 0 Å². The Labute approximate surface area is 208 Å². The monoisotopic (exact) mass is 476 g/mol. The average molecular weight is 477 g/mol. The molecular formula is C27H52N6O. The van der Waals surface area contributed by atoms with Crippen molar-refractivity contribution in [2.24, 2.45) is 28.9 Å². The van der Waals surface area contributed by atoms with E-state index in [1.165, 1.54) is 43.2 Å². The fraction of sp³-hybridized carbons (Fsp3) is 0.778. The van der Waals surface area contributed by atoms with Crippen molar-refractivity contribution in [3.8, 4) is 5.75 Å². The van der Waals surface area contributed by atoms with Crippen LogP contribution in [-0.2, 0) is 12.8 Å². The number of nitrogens with one attached hydrogen (secondary N) is 2. The molecule has 10 N–H and O–H groups in total. The third-order valence-electron chi connectivity index (χ3n) is 6.73. The molecule has 196 valence electrons. The van der Waals surface area contributed by atoms with E-state index in [2.05, 4.69) is 28.8 Å².